The van der Waals surface area contributed by atoms with Gasteiger partial charge in [0.15, 0.2) is 13.2 Å². The van der Waals surface area contributed by atoms with Crippen molar-refractivity contribution in [1.82, 2.24) is 10.6 Å². The molecular formula is C26H26Cl2F5N3O6. The number of halogens is 7. The van der Waals surface area contributed by atoms with Gasteiger partial charge in [0.1, 0.15) is 23.1 Å². The Morgan fingerprint density at radius 2 is 1.31 bits per heavy atom. The Morgan fingerprint density at radius 3 is 1.69 bits per heavy atom. The van der Waals surface area contributed by atoms with Gasteiger partial charge in [-0.15, -0.1) is 0 Å². The molecule has 0 heterocycles. The van der Waals surface area contributed by atoms with Gasteiger partial charge in [-0.2, -0.15) is 13.2 Å². The summed E-state index contributed by atoms with van der Waals surface area (Å²) in [5, 5.41) is 13.1. The Hall–Kier alpha value is -3.36. The zero-order chi connectivity index (χ0) is 31.3. The molecule has 5 N–H and O–H groups in total. The van der Waals surface area contributed by atoms with E-state index in [4.69, 9.17) is 48.3 Å². The van der Waals surface area contributed by atoms with E-state index in [-0.39, 0.29) is 52.6 Å². The Morgan fingerprint density at radius 1 is 0.881 bits per heavy atom. The minimum absolute atomic E-state index is 0.0277. The number of hydrogen-bond acceptors (Lipinski definition) is 6. The van der Waals surface area contributed by atoms with Crippen molar-refractivity contribution < 1.29 is 50.9 Å². The highest BCUT2D eigenvalue weighted by Gasteiger charge is 2.54. The summed E-state index contributed by atoms with van der Waals surface area (Å²) in [7, 11) is 0. The average Bonchev–Trinajstić information content (AvgIpc) is 2.91. The fourth-order valence-corrected chi connectivity index (χ4v) is 5.07. The number of fused-ring (bicyclic) bond motifs is 3. The molecule has 0 saturated heterocycles. The lowest BCUT2D eigenvalue weighted by Gasteiger charge is -2.57. The second kappa shape index (κ2) is 13.3. The van der Waals surface area contributed by atoms with E-state index in [2.05, 4.69) is 10.6 Å². The molecule has 5 rings (SSSR count). The van der Waals surface area contributed by atoms with Gasteiger partial charge in [0.25, 0.3) is 11.8 Å². The monoisotopic (exact) mass is 641 g/mol. The number of carboxylic acid groups (broad SMARTS) is 1. The number of carbonyl (C=O) groups is 3. The SMILES string of the molecule is NC1CC2(NC(=O)COc3ccc(Cl)c(F)c3)CCC1(NC(=O)COc1ccc(Cl)c(F)c1)CC2.O=C(O)C(F)(F)F. The number of hydrogen-bond donors (Lipinski definition) is 4. The summed E-state index contributed by atoms with van der Waals surface area (Å²) in [5.41, 5.74) is 5.35. The third kappa shape index (κ3) is 8.58. The van der Waals surface area contributed by atoms with Gasteiger partial charge < -0.3 is 30.9 Å². The number of nitrogens with two attached hydrogens (primary N) is 1. The van der Waals surface area contributed by atoms with E-state index in [1.54, 1.807) is 0 Å². The van der Waals surface area contributed by atoms with Crippen LogP contribution >= 0.6 is 23.2 Å². The van der Waals surface area contributed by atoms with Crippen LogP contribution in [0.4, 0.5) is 22.0 Å². The van der Waals surface area contributed by atoms with Crippen LogP contribution < -0.4 is 25.8 Å². The first-order valence-corrected chi connectivity index (χ1v) is 13.1. The number of nitrogens with one attached hydrogen (secondary N) is 2. The first kappa shape index (κ1) is 33.1. The standard InChI is InChI=1S/C24H25Cl2F2N3O4.C2HF3O2/c25-16-3-1-14(9-18(16)27)34-12-21(32)30-23-5-7-24(8-6-23,20(29)11-23)31-22(33)13-35-15-2-4-17(26)19(28)10-15;3-2(4,5)1(6)7/h1-4,9-10,20H,5-8,11-13,29H2,(H,30,32)(H,31,33);(H,6,7). The van der Waals surface area contributed by atoms with Gasteiger partial charge in [-0.05, 0) is 56.4 Å². The van der Waals surface area contributed by atoms with Crippen LogP contribution in [0.5, 0.6) is 11.5 Å². The van der Waals surface area contributed by atoms with Crippen LogP contribution in [0.1, 0.15) is 32.1 Å². The molecule has 16 heteroatoms. The molecule has 230 valence electrons. The fourth-order valence-electron chi connectivity index (χ4n) is 4.84. The van der Waals surface area contributed by atoms with E-state index < -0.39 is 34.9 Å². The molecule has 3 aliphatic carbocycles. The summed E-state index contributed by atoms with van der Waals surface area (Å²) >= 11 is 11.3. The molecule has 0 radical (unpaired) electrons. The molecule has 2 bridgehead atoms. The summed E-state index contributed by atoms with van der Waals surface area (Å²) < 4.78 is 69.6. The van der Waals surface area contributed by atoms with E-state index in [1.165, 1.54) is 24.3 Å². The van der Waals surface area contributed by atoms with E-state index in [9.17, 15) is 31.5 Å². The third-order valence-corrected chi connectivity index (χ3v) is 7.59. The van der Waals surface area contributed by atoms with Crippen LogP contribution in [0.2, 0.25) is 10.0 Å². The number of carbonyl (C=O) groups excluding carboxylic acids is 2. The molecule has 0 spiro atoms. The molecule has 2 amide bonds. The Balaban J connectivity index is 0.000000616. The maximum absolute atomic E-state index is 13.6. The summed E-state index contributed by atoms with van der Waals surface area (Å²) in [6.45, 7) is -0.567. The van der Waals surface area contributed by atoms with Gasteiger partial charge in [0, 0.05) is 23.7 Å². The molecule has 2 aromatic carbocycles. The van der Waals surface area contributed by atoms with Crippen LogP contribution in [0.3, 0.4) is 0 Å². The smallest absolute Gasteiger partial charge is 0.484 e. The predicted octanol–water partition coefficient (Wildman–Crippen LogP) is 4.38. The normalized spacial score (nSPS) is 22.8. The number of ether oxygens (including phenoxy) is 2. The van der Waals surface area contributed by atoms with Crippen LogP contribution in [-0.4, -0.2) is 59.4 Å². The zero-order valence-electron chi connectivity index (χ0n) is 21.7. The molecule has 42 heavy (non-hydrogen) atoms. The maximum atomic E-state index is 13.6. The number of amides is 2. The zero-order valence-corrected chi connectivity index (χ0v) is 23.2. The lowest BCUT2D eigenvalue weighted by molar-refractivity contribution is -0.192. The molecule has 2 aromatic rings. The van der Waals surface area contributed by atoms with E-state index in [0.29, 0.717) is 32.1 Å². The Bertz CT molecular complexity index is 1320. The van der Waals surface area contributed by atoms with E-state index in [0.717, 1.165) is 12.1 Å². The van der Waals surface area contributed by atoms with E-state index >= 15 is 0 Å². The van der Waals surface area contributed by atoms with Gasteiger partial charge in [0.2, 0.25) is 0 Å². The summed E-state index contributed by atoms with van der Waals surface area (Å²) in [4.78, 5) is 34.0. The second-order valence-corrected chi connectivity index (χ2v) is 10.7. The van der Waals surface area contributed by atoms with Crippen molar-refractivity contribution in [2.24, 2.45) is 5.73 Å². The van der Waals surface area contributed by atoms with Crippen molar-refractivity contribution in [3.8, 4) is 11.5 Å². The lowest BCUT2D eigenvalue weighted by Crippen LogP contribution is -2.72. The maximum Gasteiger partial charge on any atom is 0.490 e. The van der Waals surface area contributed by atoms with Crippen molar-refractivity contribution in [3.05, 3.63) is 58.1 Å². The lowest BCUT2D eigenvalue weighted by atomic mass is 9.59. The first-order chi connectivity index (χ1) is 19.5. The molecule has 9 nitrogen and oxygen atoms in total. The van der Waals surface area contributed by atoms with Crippen LogP contribution in [0, 0.1) is 11.6 Å². The number of carboxylic acids is 1. The third-order valence-electron chi connectivity index (χ3n) is 6.98. The van der Waals surface area contributed by atoms with Crippen molar-refractivity contribution in [3.63, 3.8) is 0 Å². The number of aliphatic carboxylic acids is 1. The summed E-state index contributed by atoms with van der Waals surface area (Å²) in [6, 6.07) is 7.53. The highest BCUT2D eigenvalue weighted by atomic mass is 35.5. The molecule has 3 fully saturated rings. The Kier molecular flexibility index (Phi) is 10.5. The average molecular weight is 642 g/mol. The number of rotatable bonds is 8. The van der Waals surface area contributed by atoms with Crippen LogP contribution in [0.25, 0.3) is 0 Å². The summed E-state index contributed by atoms with van der Waals surface area (Å²) in [5.74, 6) is -4.32. The minimum Gasteiger partial charge on any atom is -0.484 e. The van der Waals surface area contributed by atoms with Gasteiger partial charge in [-0.3, -0.25) is 9.59 Å². The molecule has 0 aliphatic heterocycles. The van der Waals surface area contributed by atoms with Crippen molar-refractivity contribution in [2.45, 2.75) is 55.4 Å². The van der Waals surface area contributed by atoms with Gasteiger partial charge in [0.05, 0.1) is 15.6 Å². The predicted molar refractivity (Wildman–Crippen MR) is 140 cm³/mol. The number of alkyl halides is 3. The molecule has 1 atom stereocenters. The number of benzene rings is 2. The first-order valence-electron chi connectivity index (χ1n) is 12.4. The Labute approximate surface area is 246 Å². The van der Waals surface area contributed by atoms with Crippen LogP contribution in [0.15, 0.2) is 36.4 Å². The fraction of sp³-hybridized carbons (Fsp3) is 0.423. The molecular weight excluding hydrogens is 616 g/mol. The topological polar surface area (TPSA) is 140 Å². The van der Waals surface area contributed by atoms with Gasteiger partial charge in [-0.1, -0.05) is 23.2 Å². The van der Waals surface area contributed by atoms with Crippen molar-refractivity contribution >= 4 is 41.0 Å². The van der Waals surface area contributed by atoms with Gasteiger partial charge in [-0.25, -0.2) is 13.6 Å². The quantitative estimate of drug-likeness (QED) is 0.314. The van der Waals surface area contributed by atoms with Crippen molar-refractivity contribution in [2.75, 3.05) is 13.2 Å². The molecule has 1 unspecified atom stereocenters. The second-order valence-electron chi connectivity index (χ2n) is 9.88. The van der Waals surface area contributed by atoms with E-state index in [1.807, 2.05) is 0 Å². The summed E-state index contributed by atoms with van der Waals surface area (Å²) in [6.07, 6.45) is -2.17. The molecule has 0 aromatic heterocycles. The van der Waals surface area contributed by atoms with Gasteiger partial charge >= 0.3 is 12.1 Å². The highest BCUT2D eigenvalue weighted by Crippen LogP contribution is 2.46. The van der Waals surface area contributed by atoms with Crippen molar-refractivity contribution in [1.29, 1.82) is 0 Å². The molecule has 3 saturated carbocycles. The molecule has 3 aliphatic rings. The largest absolute Gasteiger partial charge is 0.490 e. The van der Waals surface area contributed by atoms with Crippen LogP contribution in [-0.2, 0) is 14.4 Å². The highest BCUT2D eigenvalue weighted by molar-refractivity contribution is 6.31. The minimum atomic E-state index is -5.08.